The minimum absolute atomic E-state index is 0.211. The van der Waals surface area contributed by atoms with Crippen molar-refractivity contribution in [1.29, 1.82) is 0 Å². The van der Waals surface area contributed by atoms with E-state index in [9.17, 15) is 9.59 Å². The van der Waals surface area contributed by atoms with Gasteiger partial charge in [0.1, 0.15) is 6.61 Å². The Kier molecular flexibility index (Phi) is 6.74. The maximum Gasteiger partial charge on any atom is 0.404 e. The van der Waals surface area contributed by atoms with Crippen molar-refractivity contribution < 1.29 is 19.1 Å². The average Bonchev–Trinajstić information content (AvgIpc) is 3.30. The lowest BCUT2D eigenvalue weighted by molar-refractivity contribution is -0.0852. The van der Waals surface area contributed by atoms with Crippen molar-refractivity contribution in [3.05, 3.63) is 107 Å². The van der Waals surface area contributed by atoms with Gasteiger partial charge < -0.3 is 20.9 Å². The molecule has 0 unspecified atom stereocenters. The Hall–Kier alpha value is -4.43. The number of carbonyl (C=O) groups is 2. The van der Waals surface area contributed by atoms with Crippen LogP contribution in [-0.2, 0) is 20.3 Å². The second-order valence-corrected chi connectivity index (χ2v) is 10.7. The zero-order valence-electron chi connectivity index (χ0n) is 22.3. The zero-order valence-corrected chi connectivity index (χ0v) is 22.3. The SMILES string of the molecule is Cc1cc(C(N)=O)nn1-c1ccc(C(C)(C)c2ccc(-c3ccc(C4(COC(N)=O)COC4)cc3)cc2)cc1. The molecule has 1 fully saturated rings. The van der Waals surface area contributed by atoms with Crippen LogP contribution >= 0.6 is 0 Å². The molecule has 0 radical (unpaired) electrons. The Labute approximate surface area is 227 Å². The van der Waals surface area contributed by atoms with Crippen LogP contribution < -0.4 is 11.5 Å². The molecule has 5 rings (SSSR count). The largest absolute Gasteiger partial charge is 0.449 e. The number of aryl methyl sites for hydroxylation is 1. The lowest BCUT2D eigenvalue weighted by atomic mass is 9.77. The van der Waals surface area contributed by atoms with Crippen LogP contribution in [0, 0.1) is 6.92 Å². The molecule has 0 atom stereocenters. The van der Waals surface area contributed by atoms with E-state index in [0.29, 0.717) is 13.2 Å². The van der Waals surface area contributed by atoms with Crippen molar-refractivity contribution in [2.45, 2.75) is 31.6 Å². The number of nitrogens with zero attached hydrogens (tertiary/aromatic N) is 2. The first-order valence-electron chi connectivity index (χ1n) is 12.8. The van der Waals surface area contributed by atoms with E-state index in [1.54, 1.807) is 10.7 Å². The van der Waals surface area contributed by atoms with E-state index in [1.165, 1.54) is 5.56 Å². The van der Waals surface area contributed by atoms with Gasteiger partial charge in [-0.15, -0.1) is 0 Å². The Bertz CT molecular complexity index is 1500. The third-order valence-electron chi connectivity index (χ3n) is 7.66. The summed E-state index contributed by atoms with van der Waals surface area (Å²) < 4.78 is 12.2. The first-order valence-corrected chi connectivity index (χ1v) is 12.8. The fraction of sp³-hybridized carbons (Fsp3) is 0.258. The summed E-state index contributed by atoms with van der Waals surface area (Å²) in [5.74, 6) is -0.541. The molecule has 200 valence electrons. The summed E-state index contributed by atoms with van der Waals surface area (Å²) >= 11 is 0. The summed E-state index contributed by atoms with van der Waals surface area (Å²) in [6.45, 7) is 7.50. The first kappa shape index (κ1) is 26.2. The number of aromatic nitrogens is 2. The second kappa shape index (κ2) is 10.0. The van der Waals surface area contributed by atoms with Crippen molar-refractivity contribution in [2.24, 2.45) is 11.5 Å². The molecule has 0 spiro atoms. The predicted octanol–water partition coefficient (Wildman–Crippen LogP) is 4.64. The molecule has 0 saturated carbocycles. The van der Waals surface area contributed by atoms with Crippen LogP contribution in [0.4, 0.5) is 4.79 Å². The van der Waals surface area contributed by atoms with Gasteiger partial charge in [-0.25, -0.2) is 9.48 Å². The molecule has 4 N–H and O–H groups in total. The van der Waals surface area contributed by atoms with Gasteiger partial charge in [-0.05, 0) is 52.9 Å². The quantitative estimate of drug-likeness (QED) is 0.348. The van der Waals surface area contributed by atoms with Crippen molar-refractivity contribution in [3.8, 4) is 16.8 Å². The summed E-state index contributed by atoms with van der Waals surface area (Å²) in [7, 11) is 0. The summed E-state index contributed by atoms with van der Waals surface area (Å²) in [4.78, 5) is 22.6. The van der Waals surface area contributed by atoms with Crippen LogP contribution in [-0.4, -0.2) is 41.6 Å². The van der Waals surface area contributed by atoms with E-state index in [0.717, 1.165) is 33.6 Å². The van der Waals surface area contributed by atoms with Gasteiger partial charge in [-0.2, -0.15) is 5.10 Å². The van der Waals surface area contributed by atoms with Crippen molar-refractivity contribution >= 4 is 12.0 Å². The number of benzene rings is 3. The second-order valence-electron chi connectivity index (χ2n) is 10.7. The highest BCUT2D eigenvalue weighted by Crippen LogP contribution is 2.36. The molecule has 3 aromatic carbocycles. The minimum Gasteiger partial charge on any atom is -0.449 e. The third kappa shape index (κ3) is 5.03. The Balaban J connectivity index is 1.32. The van der Waals surface area contributed by atoms with Gasteiger partial charge in [0.25, 0.3) is 5.91 Å². The molecule has 1 aliphatic rings. The highest BCUT2D eigenvalue weighted by Gasteiger charge is 2.41. The molecule has 8 heteroatoms. The Morgan fingerprint density at radius 2 is 1.46 bits per heavy atom. The highest BCUT2D eigenvalue weighted by atomic mass is 16.6. The number of hydrogen-bond donors (Lipinski definition) is 2. The third-order valence-corrected chi connectivity index (χ3v) is 7.66. The number of amides is 2. The van der Waals surface area contributed by atoms with Crippen LogP contribution in [0.15, 0.2) is 78.9 Å². The number of hydrogen-bond acceptors (Lipinski definition) is 5. The lowest BCUT2D eigenvalue weighted by Gasteiger charge is -2.41. The summed E-state index contributed by atoms with van der Waals surface area (Å²) in [6, 6.07) is 26.8. The molecule has 39 heavy (non-hydrogen) atoms. The number of rotatable bonds is 8. The van der Waals surface area contributed by atoms with E-state index in [2.05, 4.69) is 79.6 Å². The smallest absolute Gasteiger partial charge is 0.404 e. The molecule has 1 saturated heterocycles. The topological polar surface area (TPSA) is 122 Å². The Morgan fingerprint density at radius 1 is 0.923 bits per heavy atom. The van der Waals surface area contributed by atoms with Crippen LogP contribution in [0.1, 0.15) is 46.7 Å². The molecule has 1 aromatic heterocycles. The van der Waals surface area contributed by atoms with Crippen LogP contribution in [0.3, 0.4) is 0 Å². The van der Waals surface area contributed by atoms with Gasteiger partial charge >= 0.3 is 6.09 Å². The summed E-state index contributed by atoms with van der Waals surface area (Å²) in [5.41, 5.74) is 17.6. The number of primary amides is 2. The fourth-order valence-corrected chi connectivity index (χ4v) is 5.03. The molecular weight excluding hydrogens is 492 g/mol. The lowest BCUT2D eigenvalue weighted by Crippen LogP contribution is -2.51. The molecule has 1 aliphatic heterocycles. The van der Waals surface area contributed by atoms with E-state index in [1.807, 2.05) is 19.1 Å². The van der Waals surface area contributed by atoms with Crippen molar-refractivity contribution in [2.75, 3.05) is 19.8 Å². The zero-order chi connectivity index (χ0) is 27.8. The summed E-state index contributed by atoms with van der Waals surface area (Å²) in [6.07, 6.45) is -0.774. The minimum atomic E-state index is -0.774. The number of ether oxygens (including phenoxy) is 2. The van der Waals surface area contributed by atoms with Crippen LogP contribution in [0.25, 0.3) is 16.8 Å². The maximum absolute atomic E-state index is 11.5. The summed E-state index contributed by atoms with van der Waals surface area (Å²) in [5, 5.41) is 4.32. The highest BCUT2D eigenvalue weighted by molar-refractivity contribution is 5.90. The number of carbonyl (C=O) groups excluding carboxylic acids is 2. The first-order chi connectivity index (χ1) is 18.6. The molecule has 0 aliphatic carbocycles. The van der Waals surface area contributed by atoms with Gasteiger partial charge in [-0.1, -0.05) is 74.5 Å². The van der Waals surface area contributed by atoms with E-state index in [-0.39, 0.29) is 23.1 Å². The van der Waals surface area contributed by atoms with Crippen molar-refractivity contribution in [3.63, 3.8) is 0 Å². The molecule has 2 heterocycles. The van der Waals surface area contributed by atoms with Gasteiger partial charge in [0.2, 0.25) is 0 Å². The monoisotopic (exact) mass is 524 g/mol. The van der Waals surface area contributed by atoms with Crippen LogP contribution in [0.5, 0.6) is 0 Å². The molecule has 4 aromatic rings. The van der Waals surface area contributed by atoms with Crippen LogP contribution in [0.2, 0.25) is 0 Å². The van der Waals surface area contributed by atoms with Gasteiger partial charge in [0.05, 0.1) is 24.3 Å². The van der Waals surface area contributed by atoms with Crippen molar-refractivity contribution in [1.82, 2.24) is 9.78 Å². The standard InChI is InChI=1S/C31H32N4O4/c1-20-16-27(28(32)36)34-35(20)26-14-12-24(13-15-26)30(2,3)23-8-4-21(5-9-23)22-6-10-25(11-7-22)31(17-38-18-31)19-39-29(33)37/h4-16H,17-19H2,1-3H3,(H2,32,36)(H2,33,37). The predicted molar refractivity (Wildman–Crippen MR) is 149 cm³/mol. The molecular formula is C31H32N4O4. The van der Waals surface area contributed by atoms with Gasteiger partial charge in [0.15, 0.2) is 5.69 Å². The van der Waals surface area contributed by atoms with E-state index in [4.69, 9.17) is 20.9 Å². The maximum atomic E-state index is 11.5. The van der Waals surface area contributed by atoms with Gasteiger partial charge in [0, 0.05) is 11.1 Å². The molecule has 8 nitrogen and oxygen atoms in total. The average molecular weight is 525 g/mol. The fourth-order valence-electron chi connectivity index (χ4n) is 5.03. The van der Waals surface area contributed by atoms with E-state index >= 15 is 0 Å². The Morgan fingerprint density at radius 3 is 1.92 bits per heavy atom. The molecule has 2 amide bonds. The number of nitrogens with two attached hydrogens (primary N) is 2. The van der Waals surface area contributed by atoms with Gasteiger partial charge in [-0.3, -0.25) is 4.79 Å². The molecule has 0 bridgehead atoms. The van der Waals surface area contributed by atoms with E-state index < -0.39 is 12.0 Å². The normalized spacial score (nSPS) is 14.4.